The number of nitrogens with zero attached hydrogens (tertiary/aromatic N) is 1. The highest BCUT2D eigenvalue weighted by molar-refractivity contribution is 6.12. The fourth-order valence-corrected chi connectivity index (χ4v) is 5.36. The average molecular weight is 395 g/mol. The lowest BCUT2D eigenvalue weighted by Crippen LogP contribution is -2.46. The molecule has 29 heavy (non-hydrogen) atoms. The molecule has 0 aromatic rings. The second-order valence-electron chi connectivity index (χ2n) is 8.86. The minimum atomic E-state index is -0.361. The van der Waals surface area contributed by atoms with Gasteiger partial charge in [-0.1, -0.05) is 37.3 Å². The highest BCUT2D eigenvalue weighted by Crippen LogP contribution is 2.44. The zero-order valence-corrected chi connectivity index (χ0v) is 19.4. The Morgan fingerprint density at radius 3 is 2.69 bits per heavy atom. The van der Waals surface area contributed by atoms with Gasteiger partial charge in [0.05, 0.1) is 11.3 Å². The van der Waals surface area contributed by atoms with E-state index in [1.807, 2.05) is 14.0 Å². The van der Waals surface area contributed by atoms with Gasteiger partial charge in [-0.2, -0.15) is 0 Å². The fraction of sp³-hybridized carbons (Fsp3) is 0.538. The van der Waals surface area contributed by atoms with E-state index in [-0.39, 0.29) is 11.3 Å². The molecule has 0 saturated carbocycles. The van der Waals surface area contributed by atoms with Crippen molar-refractivity contribution in [2.24, 2.45) is 16.8 Å². The fourth-order valence-electron chi connectivity index (χ4n) is 5.36. The second-order valence-corrected chi connectivity index (χ2v) is 8.86. The van der Waals surface area contributed by atoms with E-state index in [0.29, 0.717) is 18.3 Å². The molecule has 3 heteroatoms. The van der Waals surface area contributed by atoms with Gasteiger partial charge < -0.3 is 5.32 Å². The maximum atomic E-state index is 12.1. The zero-order valence-electron chi connectivity index (χ0n) is 19.4. The molecular formula is C26H38N2O. The molecule has 0 spiro atoms. The Morgan fingerprint density at radius 1 is 1.45 bits per heavy atom. The van der Waals surface area contributed by atoms with Gasteiger partial charge in [0.15, 0.2) is 0 Å². The largest absolute Gasteiger partial charge is 0.380 e. The molecule has 0 amide bonds. The highest BCUT2D eigenvalue weighted by atomic mass is 16.1. The van der Waals surface area contributed by atoms with E-state index in [2.05, 4.69) is 68.9 Å². The van der Waals surface area contributed by atoms with E-state index in [4.69, 9.17) is 0 Å². The summed E-state index contributed by atoms with van der Waals surface area (Å²) in [5.41, 5.74) is 7.03. The molecule has 3 nitrogen and oxygen atoms in total. The number of nitrogens with one attached hydrogen (secondary N) is 1. The van der Waals surface area contributed by atoms with Gasteiger partial charge in [-0.15, -0.1) is 0 Å². The van der Waals surface area contributed by atoms with Crippen molar-refractivity contribution in [1.82, 2.24) is 5.32 Å². The van der Waals surface area contributed by atoms with Gasteiger partial charge in [-0.05, 0) is 88.5 Å². The van der Waals surface area contributed by atoms with E-state index < -0.39 is 0 Å². The number of aliphatic imine (C=N–C) groups is 1. The number of carbonyl (C=O) groups excluding carboxylic acids is 1. The molecule has 0 heterocycles. The lowest BCUT2D eigenvalue weighted by Gasteiger charge is -2.41. The normalized spacial score (nSPS) is 25.6. The molecule has 2 unspecified atom stereocenters. The number of ketones is 1. The number of carbonyl (C=O) groups is 1. The summed E-state index contributed by atoms with van der Waals surface area (Å²) >= 11 is 0. The summed E-state index contributed by atoms with van der Waals surface area (Å²) in [6.45, 7) is 16.6. The van der Waals surface area contributed by atoms with Gasteiger partial charge in [-0.3, -0.25) is 9.79 Å². The van der Waals surface area contributed by atoms with Crippen LogP contribution < -0.4 is 5.32 Å². The SMILES string of the molecule is C=C(C)NC(C)(CC(C)=O)C1=C(C)C([C@@H](C)C2=CC=CC(=NC)/C2=C\C)CCC1. The smallest absolute Gasteiger partial charge is 0.132 e. The lowest BCUT2D eigenvalue weighted by molar-refractivity contribution is -0.118. The topological polar surface area (TPSA) is 41.5 Å². The van der Waals surface area contributed by atoms with Crippen LogP contribution in [0.5, 0.6) is 0 Å². The van der Waals surface area contributed by atoms with Crippen LogP contribution in [0.2, 0.25) is 0 Å². The predicted octanol–water partition coefficient (Wildman–Crippen LogP) is 6.11. The summed E-state index contributed by atoms with van der Waals surface area (Å²) < 4.78 is 0. The highest BCUT2D eigenvalue weighted by Gasteiger charge is 2.37. The van der Waals surface area contributed by atoms with Crippen LogP contribution in [0.3, 0.4) is 0 Å². The first-order valence-electron chi connectivity index (χ1n) is 10.8. The first-order valence-corrected chi connectivity index (χ1v) is 10.8. The van der Waals surface area contributed by atoms with Crippen molar-refractivity contribution >= 4 is 11.5 Å². The molecular weight excluding hydrogens is 356 g/mol. The summed E-state index contributed by atoms with van der Waals surface area (Å²) in [4.78, 5) is 16.5. The Morgan fingerprint density at radius 2 is 2.14 bits per heavy atom. The molecule has 0 aromatic heterocycles. The molecule has 158 valence electrons. The summed E-state index contributed by atoms with van der Waals surface area (Å²) in [5, 5.41) is 3.53. The minimum Gasteiger partial charge on any atom is -0.380 e. The van der Waals surface area contributed by atoms with Gasteiger partial charge in [-0.25, -0.2) is 0 Å². The second kappa shape index (κ2) is 9.56. The Labute approximate surface area is 177 Å². The molecule has 0 fully saturated rings. The molecule has 0 saturated heterocycles. The van der Waals surface area contributed by atoms with Crippen LogP contribution in [-0.2, 0) is 4.79 Å². The van der Waals surface area contributed by atoms with E-state index in [9.17, 15) is 4.79 Å². The standard InChI is InChI=1S/C26H38N2O/c1-9-21-23(13-11-15-25(21)27-8)19(5)22-12-10-14-24(20(22)6)26(7,16-18(4)29)28-17(2)3/h9,11,13,15,19,22,28H,2,10,12,14,16H2,1,3-8H3/b21-9-,27-25?/t19-,22?,26?/m1/s1. The first-order chi connectivity index (χ1) is 13.6. The third kappa shape index (κ3) is 5.07. The summed E-state index contributed by atoms with van der Waals surface area (Å²) in [6.07, 6.45) is 12.5. The maximum Gasteiger partial charge on any atom is 0.132 e. The summed E-state index contributed by atoms with van der Waals surface area (Å²) in [5.74, 6) is 1.06. The van der Waals surface area contributed by atoms with Crippen LogP contribution in [0.25, 0.3) is 0 Å². The Kier molecular flexibility index (Phi) is 7.62. The number of hydrogen-bond acceptors (Lipinski definition) is 3. The summed E-state index contributed by atoms with van der Waals surface area (Å²) in [7, 11) is 1.86. The quantitative estimate of drug-likeness (QED) is 0.529. The van der Waals surface area contributed by atoms with Crippen LogP contribution in [0.4, 0.5) is 0 Å². The predicted molar refractivity (Wildman–Crippen MR) is 125 cm³/mol. The molecule has 2 aliphatic carbocycles. The van der Waals surface area contributed by atoms with E-state index in [1.165, 1.54) is 28.7 Å². The van der Waals surface area contributed by atoms with Crippen LogP contribution in [0.1, 0.15) is 67.2 Å². The van der Waals surface area contributed by atoms with Gasteiger partial charge in [0.25, 0.3) is 0 Å². The maximum absolute atomic E-state index is 12.1. The van der Waals surface area contributed by atoms with Crippen molar-refractivity contribution in [1.29, 1.82) is 0 Å². The monoisotopic (exact) mass is 394 g/mol. The van der Waals surface area contributed by atoms with Crippen LogP contribution in [-0.4, -0.2) is 24.1 Å². The van der Waals surface area contributed by atoms with Crippen molar-refractivity contribution in [3.8, 4) is 0 Å². The first kappa shape index (κ1) is 23.1. The summed E-state index contributed by atoms with van der Waals surface area (Å²) in [6, 6.07) is 0. The van der Waals surface area contributed by atoms with Gasteiger partial charge in [0.2, 0.25) is 0 Å². The van der Waals surface area contributed by atoms with Crippen molar-refractivity contribution in [2.75, 3.05) is 7.05 Å². The van der Waals surface area contributed by atoms with Crippen LogP contribution in [0, 0.1) is 11.8 Å². The molecule has 0 aliphatic heterocycles. The molecule has 2 rings (SSSR count). The number of allylic oxidation sites excluding steroid dienone is 8. The van der Waals surface area contributed by atoms with E-state index >= 15 is 0 Å². The van der Waals surface area contributed by atoms with Crippen molar-refractivity contribution < 1.29 is 4.79 Å². The van der Waals surface area contributed by atoms with Crippen molar-refractivity contribution in [3.63, 3.8) is 0 Å². The number of rotatable bonds is 7. The molecule has 0 radical (unpaired) electrons. The Balaban J connectivity index is 2.46. The number of hydrogen-bond donors (Lipinski definition) is 1. The molecule has 1 N–H and O–H groups in total. The molecule has 2 aliphatic rings. The molecule has 0 bridgehead atoms. The van der Waals surface area contributed by atoms with Gasteiger partial charge >= 0.3 is 0 Å². The van der Waals surface area contributed by atoms with Gasteiger partial charge in [0, 0.05) is 19.2 Å². The third-order valence-corrected chi connectivity index (χ3v) is 6.47. The minimum absolute atomic E-state index is 0.205. The Bertz CT molecular complexity index is 804. The number of Topliss-reactive ketones (excluding diaryl/α,β-unsaturated/α-hetero) is 1. The zero-order chi connectivity index (χ0) is 21.8. The van der Waals surface area contributed by atoms with Crippen LogP contribution in [0.15, 0.2) is 63.9 Å². The lowest BCUT2D eigenvalue weighted by atomic mass is 9.68. The third-order valence-electron chi connectivity index (χ3n) is 6.47. The molecule has 3 atom stereocenters. The molecule has 0 aromatic carbocycles. The van der Waals surface area contributed by atoms with E-state index in [1.54, 1.807) is 6.92 Å². The van der Waals surface area contributed by atoms with Crippen molar-refractivity contribution in [3.05, 3.63) is 58.9 Å². The van der Waals surface area contributed by atoms with E-state index in [0.717, 1.165) is 24.3 Å². The average Bonchev–Trinajstić information content (AvgIpc) is 2.65. The van der Waals surface area contributed by atoms with Crippen LogP contribution >= 0.6 is 0 Å². The Hall–Kier alpha value is -2.16. The van der Waals surface area contributed by atoms with Gasteiger partial charge in [0.1, 0.15) is 5.78 Å². The van der Waals surface area contributed by atoms with Crippen molar-refractivity contribution in [2.45, 2.75) is 72.8 Å².